The average molecular weight is 234 g/mol. The second-order valence-corrected chi connectivity index (χ2v) is 3.79. The molecule has 3 rings (SSSR count). The minimum Gasteiger partial charge on any atom is -1.00 e. The summed E-state index contributed by atoms with van der Waals surface area (Å²) in [6, 6.07) is 12.6. The predicted octanol–water partition coefficient (Wildman–Crippen LogP) is -1.44. The second-order valence-electron chi connectivity index (χ2n) is 3.79. The van der Waals surface area contributed by atoms with Crippen molar-refractivity contribution < 1.29 is 17.1 Å². The fourth-order valence-electron chi connectivity index (χ4n) is 2.14. The van der Waals surface area contributed by atoms with Gasteiger partial charge in [0.05, 0.1) is 5.21 Å². The zero-order chi connectivity index (χ0) is 10.4. The summed E-state index contributed by atoms with van der Waals surface area (Å²) < 4.78 is 3.83. The molecule has 0 aliphatic heterocycles. The summed E-state index contributed by atoms with van der Waals surface area (Å²) in [5.74, 6) is 0. The molecule has 1 heterocycles. The van der Waals surface area contributed by atoms with E-state index in [0.717, 1.165) is 5.52 Å². The van der Waals surface area contributed by atoms with Crippen LogP contribution in [-0.2, 0) is 14.1 Å². The van der Waals surface area contributed by atoms with Gasteiger partial charge in [-0.2, -0.15) is 0 Å². The van der Waals surface area contributed by atoms with Crippen molar-refractivity contribution in [3.8, 4) is 0 Å². The number of nitrogens with zero attached hydrogens (tertiary/aromatic N) is 3. The molecule has 0 bridgehead atoms. The first-order valence-electron chi connectivity index (χ1n) is 4.98. The van der Waals surface area contributed by atoms with Gasteiger partial charge in [0.2, 0.25) is 5.52 Å². The largest absolute Gasteiger partial charge is 1.00 e. The third-order valence-corrected chi connectivity index (χ3v) is 2.82. The van der Waals surface area contributed by atoms with Gasteiger partial charge in [0.15, 0.2) is 5.52 Å². The van der Waals surface area contributed by atoms with Gasteiger partial charge < -0.3 is 12.4 Å². The summed E-state index contributed by atoms with van der Waals surface area (Å²) in [7, 11) is 3.95. The van der Waals surface area contributed by atoms with Crippen LogP contribution in [0.25, 0.3) is 21.8 Å². The standard InChI is InChI=1S/C12H12N3.ClH/c1-14-11-8-7-9-5-3-4-6-10(9)12(11)15(2)13-14;/h3-8H,1-2H3;1H/q+1;/p-1. The number of fused-ring (bicyclic) bond motifs is 3. The molecule has 0 unspecified atom stereocenters. The smallest absolute Gasteiger partial charge is 0.205 e. The molecule has 0 spiro atoms. The predicted molar refractivity (Wildman–Crippen MR) is 59.4 cm³/mol. The first kappa shape index (κ1) is 10.9. The van der Waals surface area contributed by atoms with Gasteiger partial charge in [0.1, 0.15) is 14.1 Å². The Hall–Kier alpha value is -1.61. The molecule has 0 aliphatic carbocycles. The second kappa shape index (κ2) is 3.76. The summed E-state index contributed by atoms with van der Waals surface area (Å²) in [6.07, 6.45) is 0. The van der Waals surface area contributed by atoms with Crippen molar-refractivity contribution in [3.05, 3.63) is 36.4 Å². The summed E-state index contributed by atoms with van der Waals surface area (Å²) >= 11 is 0. The van der Waals surface area contributed by atoms with Crippen molar-refractivity contribution in [1.29, 1.82) is 0 Å². The number of hydrogen-bond donors (Lipinski definition) is 0. The van der Waals surface area contributed by atoms with Crippen molar-refractivity contribution in [1.82, 2.24) is 9.90 Å². The zero-order valence-corrected chi connectivity index (χ0v) is 9.94. The van der Waals surface area contributed by atoms with Gasteiger partial charge in [-0.1, -0.05) is 18.2 Å². The van der Waals surface area contributed by atoms with E-state index in [1.807, 2.05) is 23.5 Å². The molecule has 0 aliphatic rings. The lowest BCUT2D eigenvalue weighted by molar-refractivity contribution is -0.708. The Labute approximate surface area is 99.7 Å². The molecule has 2 aromatic carbocycles. The van der Waals surface area contributed by atoms with Crippen LogP contribution in [-0.4, -0.2) is 9.90 Å². The van der Waals surface area contributed by atoms with Crippen LogP contribution in [0.1, 0.15) is 0 Å². The summed E-state index contributed by atoms with van der Waals surface area (Å²) in [5.41, 5.74) is 2.35. The Morgan fingerprint density at radius 1 is 1.12 bits per heavy atom. The topological polar surface area (TPSA) is 21.7 Å². The molecule has 3 nitrogen and oxygen atoms in total. The maximum Gasteiger partial charge on any atom is 0.205 e. The van der Waals surface area contributed by atoms with E-state index in [1.165, 1.54) is 16.3 Å². The highest BCUT2D eigenvalue weighted by Gasteiger charge is 2.14. The molecule has 0 atom stereocenters. The normalized spacial score (nSPS) is 10.6. The van der Waals surface area contributed by atoms with Gasteiger partial charge >= 0.3 is 0 Å². The van der Waals surface area contributed by atoms with Crippen molar-refractivity contribution >= 4 is 21.8 Å². The molecule has 16 heavy (non-hydrogen) atoms. The van der Waals surface area contributed by atoms with Crippen molar-refractivity contribution in [2.45, 2.75) is 0 Å². The first-order valence-corrected chi connectivity index (χ1v) is 4.98. The highest BCUT2D eigenvalue weighted by Crippen LogP contribution is 2.21. The SMILES string of the molecule is Cn1n[n+](C)c2c3ccccc3ccc21.[Cl-]. The van der Waals surface area contributed by atoms with Gasteiger partial charge in [-0.3, -0.25) is 0 Å². The molecule has 3 aromatic rings. The highest BCUT2D eigenvalue weighted by atomic mass is 35.5. The molecule has 0 saturated carbocycles. The van der Waals surface area contributed by atoms with Crippen LogP contribution in [0.4, 0.5) is 0 Å². The molecule has 0 N–H and O–H groups in total. The number of benzene rings is 2. The third kappa shape index (κ3) is 1.36. The molecule has 0 radical (unpaired) electrons. The van der Waals surface area contributed by atoms with Crippen LogP contribution < -0.4 is 17.1 Å². The quantitative estimate of drug-likeness (QED) is 0.436. The Morgan fingerprint density at radius 3 is 2.69 bits per heavy atom. The molecule has 82 valence electrons. The molecule has 4 heteroatoms. The third-order valence-electron chi connectivity index (χ3n) is 2.82. The maximum atomic E-state index is 4.37. The molecule has 0 saturated heterocycles. The number of aromatic nitrogens is 3. The first-order chi connectivity index (χ1) is 7.27. The molecule has 1 aromatic heterocycles. The zero-order valence-electron chi connectivity index (χ0n) is 9.18. The summed E-state index contributed by atoms with van der Waals surface area (Å²) in [4.78, 5) is 0. The van der Waals surface area contributed by atoms with Gasteiger partial charge in [-0.25, -0.2) is 0 Å². The van der Waals surface area contributed by atoms with Crippen molar-refractivity contribution in [2.24, 2.45) is 14.1 Å². The molecule has 0 fully saturated rings. The Morgan fingerprint density at radius 2 is 1.88 bits per heavy atom. The number of aryl methyl sites for hydroxylation is 2. The van der Waals surface area contributed by atoms with Crippen LogP contribution in [0, 0.1) is 0 Å². The summed E-state index contributed by atoms with van der Waals surface area (Å²) in [5, 5.41) is 6.89. The van der Waals surface area contributed by atoms with E-state index >= 15 is 0 Å². The fraction of sp³-hybridized carbons (Fsp3) is 0.167. The number of rotatable bonds is 0. The lowest BCUT2D eigenvalue weighted by Gasteiger charge is -1.95. The number of hydrogen-bond acceptors (Lipinski definition) is 1. The van der Waals surface area contributed by atoms with Gasteiger partial charge in [-0.05, 0) is 23.6 Å². The lowest BCUT2D eigenvalue weighted by Crippen LogP contribution is -3.00. The van der Waals surface area contributed by atoms with E-state index in [9.17, 15) is 0 Å². The average Bonchev–Trinajstić information content (AvgIpc) is 2.55. The van der Waals surface area contributed by atoms with Crippen LogP contribution in [0.3, 0.4) is 0 Å². The summed E-state index contributed by atoms with van der Waals surface area (Å²) in [6.45, 7) is 0. The lowest BCUT2D eigenvalue weighted by atomic mass is 10.1. The van der Waals surface area contributed by atoms with Gasteiger partial charge in [0.25, 0.3) is 0 Å². The molecular formula is C12H12ClN3. The Kier molecular flexibility index (Phi) is 2.56. The van der Waals surface area contributed by atoms with E-state index in [-0.39, 0.29) is 12.4 Å². The minimum atomic E-state index is 0. The van der Waals surface area contributed by atoms with Crippen LogP contribution >= 0.6 is 0 Å². The molecule has 0 amide bonds. The van der Waals surface area contributed by atoms with Gasteiger partial charge in [-0.15, -0.1) is 9.36 Å². The van der Waals surface area contributed by atoms with Crippen LogP contribution in [0.15, 0.2) is 36.4 Å². The highest BCUT2D eigenvalue weighted by molar-refractivity contribution is 6.02. The molecular weight excluding hydrogens is 222 g/mol. The van der Waals surface area contributed by atoms with Gasteiger partial charge in [0, 0.05) is 5.39 Å². The Bertz CT molecular complexity index is 658. The number of halogens is 1. The van der Waals surface area contributed by atoms with E-state index in [4.69, 9.17) is 0 Å². The van der Waals surface area contributed by atoms with Crippen molar-refractivity contribution in [2.75, 3.05) is 0 Å². The van der Waals surface area contributed by atoms with Crippen molar-refractivity contribution in [3.63, 3.8) is 0 Å². The van der Waals surface area contributed by atoms with E-state index < -0.39 is 0 Å². The minimum absolute atomic E-state index is 0. The van der Waals surface area contributed by atoms with Crippen LogP contribution in [0.5, 0.6) is 0 Å². The van der Waals surface area contributed by atoms with Crippen LogP contribution in [0.2, 0.25) is 0 Å². The van der Waals surface area contributed by atoms with E-state index in [2.05, 4.69) is 41.6 Å². The van der Waals surface area contributed by atoms with E-state index in [1.54, 1.807) is 0 Å². The monoisotopic (exact) mass is 233 g/mol. The fourth-order valence-corrected chi connectivity index (χ4v) is 2.14. The Balaban J connectivity index is 0.000000963. The van der Waals surface area contributed by atoms with E-state index in [0.29, 0.717) is 0 Å². The maximum absolute atomic E-state index is 4.37.